The van der Waals surface area contributed by atoms with Crippen LogP contribution >= 0.6 is 0 Å². The van der Waals surface area contributed by atoms with Gasteiger partial charge in [0.2, 0.25) is 10.0 Å². The standard InChI is InChI=1S/C17H18N2O6S/c1-2-18(11-13-12-24-15-8-4-5-9-16(15)25-13)26(22,23)17-10-6-3-7-14(17)19(20)21/h3-10,13H,2,11-12H2,1H3. The lowest BCUT2D eigenvalue weighted by atomic mass is 10.2. The van der Waals surface area contributed by atoms with E-state index in [1.807, 2.05) is 6.07 Å². The molecule has 1 aliphatic rings. The second kappa shape index (κ2) is 7.30. The maximum absolute atomic E-state index is 12.9. The Bertz CT molecular complexity index is 915. The molecule has 0 aliphatic carbocycles. The predicted octanol–water partition coefficient (Wildman–Crippen LogP) is 2.45. The zero-order chi connectivity index (χ0) is 18.7. The summed E-state index contributed by atoms with van der Waals surface area (Å²) >= 11 is 0. The fraction of sp³-hybridized carbons (Fsp3) is 0.294. The van der Waals surface area contributed by atoms with Crippen molar-refractivity contribution in [3.8, 4) is 11.5 Å². The van der Waals surface area contributed by atoms with Crippen molar-refractivity contribution in [3.63, 3.8) is 0 Å². The van der Waals surface area contributed by atoms with Gasteiger partial charge in [0.15, 0.2) is 16.4 Å². The fourth-order valence-corrected chi connectivity index (χ4v) is 4.38. The highest BCUT2D eigenvalue weighted by Gasteiger charge is 2.33. The van der Waals surface area contributed by atoms with E-state index >= 15 is 0 Å². The van der Waals surface area contributed by atoms with Gasteiger partial charge >= 0.3 is 0 Å². The number of benzene rings is 2. The summed E-state index contributed by atoms with van der Waals surface area (Å²) in [7, 11) is -4.05. The van der Waals surface area contributed by atoms with Crippen LogP contribution in [-0.2, 0) is 10.0 Å². The molecule has 0 aromatic heterocycles. The summed E-state index contributed by atoms with van der Waals surface area (Å²) in [5.41, 5.74) is -0.447. The van der Waals surface area contributed by atoms with E-state index in [0.717, 1.165) is 4.31 Å². The number of hydrogen-bond acceptors (Lipinski definition) is 6. The molecular formula is C17H18N2O6S. The molecule has 1 unspecified atom stereocenters. The normalized spacial score (nSPS) is 16.5. The summed E-state index contributed by atoms with van der Waals surface area (Å²) in [4.78, 5) is 10.2. The lowest BCUT2D eigenvalue weighted by molar-refractivity contribution is -0.387. The number of sulfonamides is 1. The van der Waals surface area contributed by atoms with Gasteiger partial charge < -0.3 is 9.47 Å². The summed E-state index contributed by atoms with van der Waals surface area (Å²) in [6.07, 6.45) is -0.512. The van der Waals surface area contributed by atoms with Crippen molar-refractivity contribution < 1.29 is 22.8 Å². The molecule has 1 atom stereocenters. The largest absolute Gasteiger partial charge is 0.486 e. The van der Waals surface area contributed by atoms with Gasteiger partial charge in [-0.3, -0.25) is 10.1 Å². The molecule has 0 spiro atoms. The van der Waals surface area contributed by atoms with Crippen LogP contribution in [0, 0.1) is 10.1 Å². The van der Waals surface area contributed by atoms with Crippen LogP contribution in [0.25, 0.3) is 0 Å². The van der Waals surface area contributed by atoms with E-state index in [0.29, 0.717) is 11.5 Å². The molecule has 0 saturated carbocycles. The second-order valence-electron chi connectivity index (χ2n) is 5.68. The van der Waals surface area contributed by atoms with Gasteiger partial charge in [0, 0.05) is 12.6 Å². The molecule has 1 heterocycles. The highest BCUT2D eigenvalue weighted by molar-refractivity contribution is 7.89. The molecule has 0 radical (unpaired) electrons. The zero-order valence-electron chi connectivity index (χ0n) is 14.1. The summed E-state index contributed by atoms with van der Waals surface area (Å²) < 4.78 is 38.4. The minimum atomic E-state index is -4.05. The van der Waals surface area contributed by atoms with E-state index in [1.165, 1.54) is 24.3 Å². The van der Waals surface area contributed by atoms with E-state index in [4.69, 9.17) is 9.47 Å². The molecule has 0 saturated heterocycles. The SMILES string of the molecule is CCN(CC1COc2ccccc2O1)S(=O)(=O)c1ccccc1[N+](=O)[O-]. The number of ether oxygens (including phenoxy) is 2. The molecular weight excluding hydrogens is 360 g/mol. The third kappa shape index (κ3) is 3.49. The van der Waals surface area contributed by atoms with Crippen LogP contribution in [0.5, 0.6) is 11.5 Å². The number of nitro groups is 1. The molecule has 9 heteroatoms. The van der Waals surface area contributed by atoms with Crippen LogP contribution in [0.4, 0.5) is 5.69 Å². The lowest BCUT2D eigenvalue weighted by Gasteiger charge is -2.30. The average molecular weight is 378 g/mol. The van der Waals surface area contributed by atoms with Gasteiger partial charge in [-0.05, 0) is 18.2 Å². The molecule has 0 N–H and O–H groups in total. The minimum absolute atomic E-state index is 0.0270. The van der Waals surface area contributed by atoms with Crippen molar-refractivity contribution in [2.24, 2.45) is 0 Å². The maximum atomic E-state index is 12.9. The first-order chi connectivity index (χ1) is 12.4. The smallest absolute Gasteiger partial charge is 0.289 e. The second-order valence-corrected chi connectivity index (χ2v) is 7.58. The Morgan fingerprint density at radius 1 is 1.15 bits per heavy atom. The molecule has 0 bridgehead atoms. The number of nitrogens with zero attached hydrogens (tertiary/aromatic N) is 2. The third-order valence-corrected chi connectivity index (χ3v) is 6.00. The third-order valence-electron chi connectivity index (χ3n) is 4.01. The fourth-order valence-electron chi connectivity index (χ4n) is 2.74. The van der Waals surface area contributed by atoms with Crippen LogP contribution in [0.3, 0.4) is 0 Å². The van der Waals surface area contributed by atoms with Crippen molar-refractivity contribution >= 4 is 15.7 Å². The van der Waals surface area contributed by atoms with Gasteiger partial charge in [0.25, 0.3) is 5.69 Å². The van der Waals surface area contributed by atoms with E-state index in [2.05, 4.69) is 0 Å². The molecule has 2 aromatic carbocycles. The summed E-state index contributed by atoms with van der Waals surface area (Å²) in [6.45, 7) is 2.04. The number of likely N-dealkylation sites (N-methyl/N-ethyl adjacent to an activating group) is 1. The number of rotatable bonds is 6. The van der Waals surface area contributed by atoms with Gasteiger partial charge in [-0.15, -0.1) is 0 Å². The highest BCUT2D eigenvalue weighted by Crippen LogP contribution is 2.32. The minimum Gasteiger partial charge on any atom is -0.486 e. The topological polar surface area (TPSA) is 99.0 Å². The van der Waals surface area contributed by atoms with Crippen LogP contribution < -0.4 is 9.47 Å². The molecule has 0 amide bonds. The van der Waals surface area contributed by atoms with Crippen LogP contribution in [-0.4, -0.2) is 43.4 Å². The van der Waals surface area contributed by atoms with E-state index in [-0.39, 0.29) is 24.6 Å². The quantitative estimate of drug-likeness (QED) is 0.565. The monoisotopic (exact) mass is 378 g/mol. The first-order valence-corrected chi connectivity index (χ1v) is 9.49. The zero-order valence-corrected chi connectivity index (χ0v) is 14.9. The number of hydrogen-bond donors (Lipinski definition) is 0. The summed E-state index contributed by atoms with van der Waals surface area (Å²) in [6, 6.07) is 12.4. The van der Waals surface area contributed by atoms with Crippen molar-refractivity contribution in [2.45, 2.75) is 17.9 Å². The Morgan fingerprint density at radius 3 is 2.50 bits per heavy atom. The number of para-hydroxylation sites is 3. The average Bonchev–Trinajstić information content (AvgIpc) is 2.65. The summed E-state index contributed by atoms with van der Waals surface area (Å²) in [5, 5.41) is 11.2. The van der Waals surface area contributed by atoms with Crippen LogP contribution in [0.15, 0.2) is 53.4 Å². The Balaban J connectivity index is 1.84. The van der Waals surface area contributed by atoms with E-state index in [9.17, 15) is 18.5 Å². The first-order valence-electron chi connectivity index (χ1n) is 8.05. The van der Waals surface area contributed by atoms with Gasteiger partial charge in [-0.1, -0.05) is 31.2 Å². The molecule has 1 aliphatic heterocycles. The van der Waals surface area contributed by atoms with Gasteiger partial charge in [-0.2, -0.15) is 4.31 Å². The maximum Gasteiger partial charge on any atom is 0.289 e. The molecule has 2 aromatic rings. The lowest BCUT2D eigenvalue weighted by Crippen LogP contribution is -2.43. The van der Waals surface area contributed by atoms with Crippen LogP contribution in [0.1, 0.15) is 6.92 Å². The molecule has 26 heavy (non-hydrogen) atoms. The van der Waals surface area contributed by atoms with Crippen molar-refractivity contribution in [1.82, 2.24) is 4.31 Å². The van der Waals surface area contributed by atoms with E-state index < -0.39 is 26.7 Å². The molecule has 3 rings (SSSR count). The first kappa shape index (κ1) is 18.2. The molecule has 138 valence electrons. The van der Waals surface area contributed by atoms with E-state index in [1.54, 1.807) is 25.1 Å². The Hall–Kier alpha value is -2.65. The number of nitro benzene ring substituents is 1. The van der Waals surface area contributed by atoms with Gasteiger partial charge in [0.05, 0.1) is 11.5 Å². The summed E-state index contributed by atoms with van der Waals surface area (Å²) in [5.74, 6) is 1.15. The van der Waals surface area contributed by atoms with Gasteiger partial charge in [0.1, 0.15) is 12.7 Å². The number of fused-ring (bicyclic) bond motifs is 1. The van der Waals surface area contributed by atoms with Crippen LogP contribution in [0.2, 0.25) is 0 Å². The van der Waals surface area contributed by atoms with Crippen molar-refractivity contribution in [1.29, 1.82) is 0 Å². The molecule has 0 fully saturated rings. The molecule has 8 nitrogen and oxygen atoms in total. The Kier molecular flexibility index (Phi) is 5.10. The Labute approximate surface area is 151 Å². The van der Waals surface area contributed by atoms with Crippen molar-refractivity contribution in [3.05, 3.63) is 58.6 Å². The highest BCUT2D eigenvalue weighted by atomic mass is 32.2. The Morgan fingerprint density at radius 2 is 1.81 bits per heavy atom. The van der Waals surface area contributed by atoms with Gasteiger partial charge in [-0.25, -0.2) is 8.42 Å². The predicted molar refractivity (Wildman–Crippen MR) is 93.9 cm³/mol. The van der Waals surface area contributed by atoms with Crippen molar-refractivity contribution in [2.75, 3.05) is 19.7 Å².